The van der Waals surface area contributed by atoms with Crippen molar-refractivity contribution in [1.82, 2.24) is 20.5 Å². The SMILES string of the molecule is Cc1nc2c(s1)CCC[C@H]2CNC(=O)N[C@H]1CCN(C)C1=O. The number of nitrogens with zero attached hydrogens (tertiary/aromatic N) is 2. The average molecular weight is 322 g/mol. The number of carbonyl (C=O) groups excluding carboxylic acids is 2. The first kappa shape index (κ1) is 15.3. The number of carbonyl (C=O) groups is 2. The number of aromatic nitrogens is 1. The third kappa shape index (κ3) is 3.09. The van der Waals surface area contributed by atoms with Crippen LogP contribution in [0.3, 0.4) is 0 Å². The van der Waals surface area contributed by atoms with Crippen molar-refractivity contribution in [1.29, 1.82) is 0 Å². The van der Waals surface area contributed by atoms with Gasteiger partial charge in [0.25, 0.3) is 0 Å². The average Bonchev–Trinajstić information content (AvgIpc) is 3.01. The summed E-state index contributed by atoms with van der Waals surface area (Å²) >= 11 is 1.77. The minimum Gasteiger partial charge on any atom is -0.344 e. The summed E-state index contributed by atoms with van der Waals surface area (Å²) in [5.74, 6) is 0.284. The Morgan fingerprint density at radius 1 is 1.45 bits per heavy atom. The molecule has 1 aliphatic carbocycles. The number of hydrogen-bond donors (Lipinski definition) is 2. The van der Waals surface area contributed by atoms with Gasteiger partial charge in [0, 0.05) is 30.9 Å². The molecule has 0 aromatic carbocycles. The van der Waals surface area contributed by atoms with Gasteiger partial charge < -0.3 is 15.5 Å². The molecule has 1 fully saturated rings. The van der Waals surface area contributed by atoms with Crippen molar-refractivity contribution in [3.8, 4) is 0 Å². The van der Waals surface area contributed by atoms with E-state index in [0.717, 1.165) is 30.0 Å². The van der Waals surface area contributed by atoms with E-state index in [1.165, 1.54) is 4.88 Å². The van der Waals surface area contributed by atoms with Crippen molar-refractivity contribution in [2.75, 3.05) is 20.1 Å². The molecule has 6 nitrogen and oxygen atoms in total. The molecular formula is C15H22N4O2S. The van der Waals surface area contributed by atoms with E-state index in [2.05, 4.69) is 15.6 Å². The van der Waals surface area contributed by atoms with E-state index in [9.17, 15) is 9.59 Å². The van der Waals surface area contributed by atoms with Gasteiger partial charge in [-0.2, -0.15) is 0 Å². The Morgan fingerprint density at radius 2 is 2.27 bits per heavy atom. The van der Waals surface area contributed by atoms with Crippen molar-refractivity contribution in [3.63, 3.8) is 0 Å². The van der Waals surface area contributed by atoms with Crippen molar-refractivity contribution < 1.29 is 9.59 Å². The predicted octanol–water partition coefficient (Wildman–Crippen LogP) is 1.40. The van der Waals surface area contributed by atoms with Crippen LogP contribution in [0.5, 0.6) is 0 Å². The molecule has 1 saturated heterocycles. The van der Waals surface area contributed by atoms with Crippen molar-refractivity contribution >= 4 is 23.3 Å². The molecule has 22 heavy (non-hydrogen) atoms. The van der Waals surface area contributed by atoms with Gasteiger partial charge in [0.05, 0.1) is 10.7 Å². The summed E-state index contributed by atoms with van der Waals surface area (Å²) in [6.45, 7) is 3.31. The minimum absolute atomic E-state index is 0.00905. The van der Waals surface area contributed by atoms with Gasteiger partial charge >= 0.3 is 6.03 Å². The number of thiazole rings is 1. The molecule has 120 valence electrons. The van der Waals surface area contributed by atoms with Crippen LogP contribution < -0.4 is 10.6 Å². The number of fused-ring (bicyclic) bond motifs is 1. The molecule has 0 saturated carbocycles. The Kier molecular flexibility index (Phi) is 4.33. The molecule has 2 heterocycles. The first-order valence-corrected chi connectivity index (χ1v) is 8.62. The monoisotopic (exact) mass is 322 g/mol. The highest BCUT2D eigenvalue weighted by atomic mass is 32.1. The molecule has 2 atom stereocenters. The zero-order chi connectivity index (χ0) is 15.7. The second-order valence-electron chi connectivity index (χ2n) is 6.09. The number of amides is 3. The van der Waals surface area contributed by atoms with Gasteiger partial charge in [-0.15, -0.1) is 11.3 Å². The smallest absolute Gasteiger partial charge is 0.315 e. The number of nitrogens with one attached hydrogen (secondary N) is 2. The quantitative estimate of drug-likeness (QED) is 0.883. The molecule has 7 heteroatoms. The van der Waals surface area contributed by atoms with Gasteiger partial charge in [-0.1, -0.05) is 0 Å². The predicted molar refractivity (Wildman–Crippen MR) is 85.1 cm³/mol. The Labute approximate surface area is 134 Å². The number of rotatable bonds is 3. The van der Waals surface area contributed by atoms with Gasteiger partial charge in [-0.3, -0.25) is 4.79 Å². The molecule has 1 aliphatic heterocycles. The van der Waals surface area contributed by atoms with Gasteiger partial charge in [0.15, 0.2) is 0 Å². The Balaban J connectivity index is 1.53. The molecule has 3 rings (SSSR count). The van der Waals surface area contributed by atoms with E-state index >= 15 is 0 Å². The minimum atomic E-state index is -0.381. The summed E-state index contributed by atoms with van der Waals surface area (Å²) in [6, 6.07) is -0.638. The van der Waals surface area contributed by atoms with Gasteiger partial charge in [0.1, 0.15) is 6.04 Å². The van der Waals surface area contributed by atoms with E-state index in [1.54, 1.807) is 23.3 Å². The van der Waals surface area contributed by atoms with Crippen LogP contribution in [0.1, 0.15) is 40.8 Å². The Hall–Kier alpha value is -1.63. The second kappa shape index (κ2) is 6.24. The third-order valence-electron chi connectivity index (χ3n) is 4.42. The lowest BCUT2D eigenvalue weighted by molar-refractivity contribution is -0.128. The zero-order valence-corrected chi connectivity index (χ0v) is 13.8. The topological polar surface area (TPSA) is 74.3 Å². The fourth-order valence-electron chi connectivity index (χ4n) is 3.21. The summed E-state index contributed by atoms with van der Waals surface area (Å²) in [4.78, 5) is 31.4. The highest BCUT2D eigenvalue weighted by Crippen LogP contribution is 2.34. The van der Waals surface area contributed by atoms with Crippen LogP contribution in [0.15, 0.2) is 0 Å². The van der Waals surface area contributed by atoms with Crippen LogP contribution in [-0.2, 0) is 11.2 Å². The summed E-state index contributed by atoms with van der Waals surface area (Å²) in [5, 5.41) is 6.78. The lowest BCUT2D eigenvalue weighted by Gasteiger charge is -2.22. The summed E-state index contributed by atoms with van der Waals surface area (Å²) in [6.07, 6.45) is 3.99. The van der Waals surface area contributed by atoms with Gasteiger partial charge in [-0.25, -0.2) is 9.78 Å². The summed E-state index contributed by atoms with van der Waals surface area (Å²) < 4.78 is 0. The number of likely N-dealkylation sites (N-methyl/N-ethyl adjacent to an activating group) is 1. The number of urea groups is 1. The Bertz CT molecular complexity index is 586. The molecular weight excluding hydrogens is 300 g/mol. The van der Waals surface area contributed by atoms with Crippen LogP contribution in [0, 0.1) is 6.92 Å². The normalized spacial score (nSPS) is 24.3. The van der Waals surface area contributed by atoms with E-state index in [1.807, 2.05) is 6.92 Å². The molecule has 1 aromatic rings. The first-order valence-electron chi connectivity index (χ1n) is 7.80. The fourth-order valence-corrected chi connectivity index (χ4v) is 4.27. The lowest BCUT2D eigenvalue weighted by atomic mass is 9.91. The summed E-state index contributed by atoms with van der Waals surface area (Å²) in [5.41, 5.74) is 1.16. The second-order valence-corrected chi connectivity index (χ2v) is 7.37. The Morgan fingerprint density at radius 3 is 3.00 bits per heavy atom. The van der Waals surface area contributed by atoms with E-state index in [0.29, 0.717) is 25.4 Å². The van der Waals surface area contributed by atoms with Gasteiger partial charge in [-0.05, 0) is 32.6 Å². The highest BCUT2D eigenvalue weighted by Gasteiger charge is 2.30. The number of likely N-dealkylation sites (tertiary alicyclic amines) is 1. The maximum Gasteiger partial charge on any atom is 0.315 e. The lowest BCUT2D eigenvalue weighted by Crippen LogP contribution is -2.46. The van der Waals surface area contributed by atoms with Crippen LogP contribution in [0.25, 0.3) is 0 Å². The maximum atomic E-state index is 12.0. The number of hydrogen-bond acceptors (Lipinski definition) is 4. The van der Waals surface area contributed by atoms with Crippen molar-refractivity contribution in [3.05, 3.63) is 15.6 Å². The van der Waals surface area contributed by atoms with Crippen LogP contribution in [0.2, 0.25) is 0 Å². The molecule has 1 aromatic heterocycles. The molecule has 0 spiro atoms. The third-order valence-corrected chi connectivity index (χ3v) is 5.47. The van der Waals surface area contributed by atoms with E-state index in [4.69, 9.17) is 0 Å². The van der Waals surface area contributed by atoms with Crippen LogP contribution in [-0.4, -0.2) is 48.0 Å². The van der Waals surface area contributed by atoms with Crippen molar-refractivity contribution in [2.45, 2.75) is 44.6 Å². The molecule has 3 amide bonds. The van der Waals surface area contributed by atoms with Crippen LogP contribution >= 0.6 is 11.3 Å². The summed E-state index contributed by atoms with van der Waals surface area (Å²) in [7, 11) is 1.76. The highest BCUT2D eigenvalue weighted by molar-refractivity contribution is 7.11. The number of aryl methyl sites for hydroxylation is 2. The largest absolute Gasteiger partial charge is 0.344 e. The van der Waals surface area contributed by atoms with E-state index < -0.39 is 0 Å². The zero-order valence-electron chi connectivity index (χ0n) is 13.0. The van der Waals surface area contributed by atoms with Crippen LogP contribution in [0.4, 0.5) is 4.79 Å². The molecule has 0 radical (unpaired) electrons. The molecule has 2 aliphatic rings. The molecule has 0 unspecified atom stereocenters. The fraction of sp³-hybridized carbons (Fsp3) is 0.667. The molecule has 2 N–H and O–H groups in total. The maximum absolute atomic E-state index is 12.0. The van der Waals surface area contributed by atoms with Crippen molar-refractivity contribution in [2.24, 2.45) is 0 Å². The van der Waals surface area contributed by atoms with E-state index in [-0.39, 0.29) is 18.0 Å². The standard InChI is InChI=1S/C15H22N4O2S/c1-9-17-13-10(4-3-5-12(13)22-9)8-16-15(21)18-11-6-7-19(2)14(11)20/h10-11H,3-8H2,1-2H3,(H2,16,18,21)/t10-,11-/m0/s1. The van der Waals surface area contributed by atoms with Gasteiger partial charge in [0.2, 0.25) is 5.91 Å². The molecule has 0 bridgehead atoms. The first-order chi connectivity index (χ1) is 10.5.